The van der Waals surface area contributed by atoms with Gasteiger partial charge in [-0.15, -0.1) is 0 Å². The van der Waals surface area contributed by atoms with Crippen LogP contribution in [0.1, 0.15) is 11.3 Å². The molecule has 2 rings (SSSR count). The van der Waals surface area contributed by atoms with E-state index in [0.29, 0.717) is 11.0 Å². The Hall–Kier alpha value is -1.36. The summed E-state index contributed by atoms with van der Waals surface area (Å²) in [6.07, 6.45) is 1.89. The molecule has 0 amide bonds. The largest absolute Gasteiger partial charge is 0.379 e. The van der Waals surface area contributed by atoms with E-state index in [0.717, 1.165) is 16.9 Å². The lowest BCUT2D eigenvalue weighted by molar-refractivity contribution is 0.620. The fourth-order valence-electron chi connectivity index (χ4n) is 1.58. The van der Waals surface area contributed by atoms with E-state index < -0.39 is 0 Å². The molecule has 1 aromatic heterocycles. The number of benzene rings is 1. The second kappa shape index (κ2) is 4.87. The van der Waals surface area contributed by atoms with Crippen molar-refractivity contribution >= 4 is 21.6 Å². The summed E-state index contributed by atoms with van der Waals surface area (Å²) in [5.41, 5.74) is 2.73. The molecule has 0 atom stereocenters. The second-order valence-electron chi connectivity index (χ2n) is 3.92. The summed E-state index contributed by atoms with van der Waals surface area (Å²) >= 11 is 3.18. The highest BCUT2D eigenvalue weighted by Gasteiger charge is 2.05. The predicted octanol–water partition coefficient (Wildman–Crippen LogP) is 3.24. The Morgan fingerprint density at radius 1 is 1.47 bits per heavy atom. The molecular weight excluding hydrogens is 285 g/mol. The smallest absolute Gasteiger partial charge is 0.137 e. The molecule has 0 bridgehead atoms. The van der Waals surface area contributed by atoms with Gasteiger partial charge in [0.2, 0.25) is 0 Å². The molecule has 1 aromatic carbocycles. The molecule has 17 heavy (non-hydrogen) atoms. The molecule has 0 aliphatic rings. The quantitative estimate of drug-likeness (QED) is 0.942. The van der Waals surface area contributed by atoms with E-state index in [2.05, 4.69) is 26.3 Å². The van der Waals surface area contributed by atoms with Crippen LogP contribution in [0.4, 0.5) is 10.1 Å². The zero-order chi connectivity index (χ0) is 12.4. The summed E-state index contributed by atoms with van der Waals surface area (Å²) in [4.78, 5) is 0. The molecule has 0 saturated heterocycles. The van der Waals surface area contributed by atoms with Gasteiger partial charge in [0.1, 0.15) is 5.82 Å². The third kappa shape index (κ3) is 2.85. The van der Waals surface area contributed by atoms with Gasteiger partial charge in [-0.2, -0.15) is 5.10 Å². The molecule has 0 aliphatic carbocycles. The molecule has 1 N–H and O–H groups in total. The monoisotopic (exact) mass is 297 g/mol. The van der Waals surface area contributed by atoms with E-state index >= 15 is 0 Å². The van der Waals surface area contributed by atoms with Gasteiger partial charge in [0, 0.05) is 18.9 Å². The van der Waals surface area contributed by atoms with Gasteiger partial charge in [-0.05, 0) is 46.6 Å². The second-order valence-corrected chi connectivity index (χ2v) is 4.77. The van der Waals surface area contributed by atoms with E-state index in [1.165, 1.54) is 6.07 Å². The number of anilines is 1. The maximum atomic E-state index is 13.2. The summed E-state index contributed by atoms with van der Waals surface area (Å²) < 4.78 is 15.5. The summed E-state index contributed by atoms with van der Waals surface area (Å²) in [5, 5.41) is 7.50. The molecule has 0 aliphatic heterocycles. The SMILES string of the molecule is Cc1cc(F)c(Br)cc1NCc1ccn(C)n1. The van der Waals surface area contributed by atoms with Crippen molar-refractivity contribution in [2.75, 3.05) is 5.32 Å². The third-order valence-electron chi connectivity index (χ3n) is 2.50. The predicted molar refractivity (Wildman–Crippen MR) is 69.4 cm³/mol. The number of hydrogen-bond acceptors (Lipinski definition) is 2. The molecule has 0 unspecified atom stereocenters. The van der Waals surface area contributed by atoms with E-state index in [1.54, 1.807) is 10.7 Å². The summed E-state index contributed by atoms with van der Waals surface area (Å²) in [5.74, 6) is -0.245. The van der Waals surface area contributed by atoms with Crippen molar-refractivity contribution in [3.8, 4) is 0 Å². The van der Waals surface area contributed by atoms with Gasteiger partial charge in [0.25, 0.3) is 0 Å². The highest BCUT2D eigenvalue weighted by molar-refractivity contribution is 9.10. The minimum absolute atomic E-state index is 0.245. The molecule has 0 fully saturated rings. The van der Waals surface area contributed by atoms with Crippen LogP contribution in [0.25, 0.3) is 0 Å². The van der Waals surface area contributed by atoms with Crippen LogP contribution in [0.15, 0.2) is 28.9 Å². The fraction of sp³-hybridized carbons (Fsp3) is 0.250. The lowest BCUT2D eigenvalue weighted by Crippen LogP contribution is -2.03. The Labute approximate surface area is 108 Å². The summed E-state index contributed by atoms with van der Waals surface area (Å²) in [7, 11) is 1.88. The minimum Gasteiger partial charge on any atom is -0.379 e. The van der Waals surface area contributed by atoms with E-state index in [-0.39, 0.29) is 5.82 Å². The highest BCUT2D eigenvalue weighted by Crippen LogP contribution is 2.24. The normalized spacial score (nSPS) is 10.6. The summed E-state index contributed by atoms with van der Waals surface area (Å²) in [6.45, 7) is 2.50. The highest BCUT2D eigenvalue weighted by atomic mass is 79.9. The maximum absolute atomic E-state index is 13.2. The maximum Gasteiger partial charge on any atom is 0.137 e. The number of aromatic nitrogens is 2. The van der Waals surface area contributed by atoms with E-state index in [4.69, 9.17) is 0 Å². The number of nitrogens with zero attached hydrogens (tertiary/aromatic N) is 2. The van der Waals surface area contributed by atoms with Gasteiger partial charge < -0.3 is 5.32 Å². The van der Waals surface area contributed by atoms with Gasteiger partial charge in [-0.3, -0.25) is 4.68 Å². The molecule has 3 nitrogen and oxygen atoms in total. The zero-order valence-electron chi connectivity index (χ0n) is 9.67. The van der Waals surface area contributed by atoms with Gasteiger partial charge in [0.05, 0.1) is 16.7 Å². The van der Waals surface area contributed by atoms with Crippen LogP contribution >= 0.6 is 15.9 Å². The first-order valence-corrected chi connectivity index (χ1v) is 6.03. The van der Waals surface area contributed by atoms with Crippen molar-refractivity contribution in [2.45, 2.75) is 13.5 Å². The number of hydrogen-bond donors (Lipinski definition) is 1. The van der Waals surface area contributed by atoms with E-state index in [9.17, 15) is 4.39 Å². The standard InChI is InChI=1S/C12H13BrFN3/c1-8-5-11(14)10(13)6-12(8)15-7-9-3-4-17(2)16-9/h3-6,15H,7H2,1-2H3. The molecule has 0 spiro atoms. The number of aryl methyl sites for hydroxylation is 2. The van der Waals surface area contributed by atoms with Crippen molar-refractivity contribution in [1.82, 2.24) is 9.78 Å². The molecule has 5 heteroatoms. The van der Waals surface area contributed by atoms with E-state index in [1.807, 2.05) is 26.2 Å². The topological polar surface area (TPSA) is 29.9 Å². The Morgan fingerprint density at radius 2 is 2.24 bits per heavy atom. The number of nitrogens with one attached hydrogen (secondary N) is 1. The van der Waals surface area contributed by atoms with Crippen molar-refractivity contribution in [2.24, 2.45) is 7.05 Å². The summed E-state index contributed by atoms with van der Waals surface area (Å²) in [6, 6.07) is 5.19. The molecule has 0 saturated carbocycles. The van der Waals surface area contributed by atoms with Crippen LogP contribution in [0.2, 0.25) is 0 Å². The average molecular weight is 298 g/mol. The van der Waals surface area contributed by atoms with Crippen molar-refractivity contribution in [3.05, 3.63) is 45.9 Å². The Kier molecular flexibility index (Phi) is 3.47. The van der Waals surface area contributed by atoms with Crippen LogP contribution in [0.3, 0.4) is 0 Å². The first-order chi connectivity index (χ1) is 8.06. The lowest BCUT2D eigenvalue weighted by atomic mass is 10.2. The third-order valence-corrected chi connectivity index (χ3v) is 3.10. The fourth-order valence-corrected chi connectivity index (χ4v) is 1.92. The molecule has 90 valence electrons. The first-order valence-electron chi connectivity index (χ1n) is 5.24. The lowest BCUT2D eigenvalue weighted by Gasteiger charge is -2.09. The van der Waals surface area contributed by atoms with Crippen LogP contribution in [0.5, 0.6) is 0 Å². The van der Waals surface area contributed by atoms with Crippen LogP contribution in [0, 0.1) is 12.7 Å². The van der Waals surface area contributed by atoms with Crippen LogP contribution < -0.4 is 5.32 Å². The minimum atomic E-state index is -0.245. The Bertz CT molecular complexity index is 537. The molecule has 0 radical (unpaired) electrons. The van der Waals surface area contributed by atoms with Crippen LogP contribution in [-0.4, -0.2) is 9.78 Å². The first kappa shape index (κ1) is 12.1. The van der Waals surface area contributed by atoms with Crippen molar-refractivity contribution in [3.63, 3.8) is 0 Å². The number of halogens is 2. The molecule has 2 aromatic rings. The van der Waals surface area contributed by atoms with Gasteiger partial charge >= 0.3 is 0 Å². The number of rotatable bonds is 3. The van der Waals surface area contributed by atoms with Crippen molar-refractivity contribution < 1.29 is 4.39 Å². The van der Waals surface area contributed by atoms with Gasteiger partial charge in [0.15, 0.2) is 0 Å². The molecular formula is C12H13BrFN3. The van der Waals surface area contributed by atoms with Crippen molar-refractivity contribution in [1.29, 1.82) is 0 Å². The molecule has 1 heterocycles. The Balaban J connectivity index is 2.11. The Morgan fingerprint density at radius 3 is 2.88 bits per heavy atom. The van der Waals surface area contributed by atoms with Gasteiger partial charge in [-0.25, -0.2) is 4.39 Å². The van der Waals surface area contributed by atoms with Crippen LogP contribution in [-0.2, 0) is 13.6 Å². The zero-order valence-corrected chi connectivity index (χ0v) is 11.3. The average Bonchev–Trinajstić information content (AvgIpc) is 2.68. The van der Waals surface area contributed by atoms with Gasteiger partial charge in [-0.1, -0.05) is 0 Å².